The van der Waals surface area contributed by atoms with Gasteiger partial charge in [-0.1, -0.05) is 13.8 Å². The standard InChI is InChI=1S/C14H16F3N3O/c1-8(2)5-11(19)13(21)20-12-4-3-10(14(15,16)17)6-9(12)7-18/h3-4,6,8,11H,5,19H2,1-2H3,(H,20,21)/t11-/m1/s1. The maximum absolute atomic E-state index is 12.6. The van der Waals surface area contributed by atoms with E-state index in [2.05, 4.69) is 5.32 Å². The van der Waals surface area contributed by atoms with E-state index in [0.717, 1.165) is 12.1 Å². The summed E-state index contributed by atoms with van der Waals surface area (Å²) in [6.45, 7) is 3.79. The molecule has 0 aliphatic carbocycles. The zero-order valence-corrected chi connectivity index (χ0v) is 11.7. The SMILES string of the molecule is CC(C)C[C@@H](N)C(=O)Nc1ccc(C(F)(F)F)cc1C#N. The summed E-state index contributed by atoms with van der Waals surface area (Å²) < 4.78 is 37.7. The van der Waals surface area contributed by atoms with Crippen LogP contribution in [0.3, 0.4) is 0 Å². The first-order chi connectivity index (χ1) is 9.65. The summed E-state index contributed by atoms with van der Waals surface area (Å²) >= 11 is 0. The van der Waals surface area contributed by atoms with Crippen molar-refractivity contribution < 1.29 is 18.0 Å². The fourth-order valence-electron chi connectivity index (χ4n) is 1.76. The van der Waals surface area contributed by atoms with Gasteiger partial charge >= 0.3 is 6.18 Å². The van der Waals surface area contributed by atoms with Crippen LogP contribution in [0.2, 0.25) is 0 Å². The third-order valence-corrected chi connectivity index (χ3v) is 2.79. The van der Waals surface area contributed by atoms with Gasteiger partial charge in [0.25, 0.3) is 0 Å². The highest BCUT2D eigenvalue weighted by Gasteiger charge is 2.31. The van der Waals surface area contributed by atoms with Crippen molar-refractivity contribution in [2.75, 3.05) is 5.32 Å². The van der Waals surface area contributed by atoms with Crippen molar-refractivity contribution in [3.63, 3.8) is 0 Å². The summed E-state index contributed by atoms with van der Waals surface area (Å²) in [4.78, 5) is 11.8. The molecule has 21 heavy (non-hydrogen) atoms. The lowest BCUT2D eigenvalue weighted by molar-refractivity contribution is -0.137. The van der Waals surface area contributed by atoms with Crippen LogP contribution in [-0.2, 0) is 11.0 Å². The predicted octanol–water partition coefficient (Wildman–Crippen LogP) is 2.89. The third-order valence-electron chi connectivity index (χ3n) is 2.79. The summed E-state index contributed by atoms with van der Waals surface area (Å²) in [6.07, 6.45) is -4.10. The Morgan fingerprint density at radius 3 is 2.52 bits per heavy atom. The molecule has 0 radical (unpaired) electrons. The Balaban J connectivity index is 2.95. The molecule has 0 bridgehead atoms. The summed E-state index contributed by atoms with van der Waals surface area (Å²) in [7, 11) is 0. The Kier molecular flexibility index (Phi) is 5.33. The number of halogens is 3. The molecule has 7 heteroatoms. The highest BCUT2D eigenvalue weighted by atomic mass is 19.4. The van der Waals surface area contributed by atoms with Crippen LogP contribution in [0.25, 0.3) is 0 Å². The van der Waals surface area contributed by atoms with Gasteiger partial charge in [-0.25, -0.2) is 0 Å². The van der Waals surface area contributed by atoms with E-state index in [4.69, 9.17) is 11.0 Å². The summed E-state index contributed by atoms with van der Waals surface area (Å²) in [6, 6.07) is 3.42. The van der Waals surface area contributed by atoms with Crippen molar-refractivity contribution in [1.82, 2.24) is 0 Å². The highest BCUT2D eigenvalue weighted by Crippen LogP contribution is 2.31. The lowest BCUT2D eigenvalue weighted by atomic mass is 10.0. The molecule has 0 aliphatic heterocycles. The Morgan fingerprint density at radius 2 is 2.05 bits per heavy atom. The van der Waals surface area contributed by atoms with Gasteiger partial charge in [-0.2, -0.15) is 18.4 Å². The smallest absolute Gasteiger partial charge is 0.324 e. The largest absolute Gasteiger partial charge is 0.416 e. The first kappa shape index (κ1) is 17.0. The molecule has 0 aliphatic rings. The van der Waals surface area contributed by atoms with Crippen LogP contribution in [0.15, 0.2) is 18.2 Å². The van der Waals surface area contributed by atoms with Gasteiger partial charge in [0.05, 0.1) is 22.9 Å². The zero-order chi connectivity index (χ0) is 16.2. The lowest BCUT2D eigenvalue weighted by Gasteiger charge is -2.15. The Hall–Kier alpha value is -2.07. The number of alkyl halides is 3. The zero-order valence-electron chi connectivity index (χ0n) is 11.7. The molecule has 0 aromatic heterocycles. The molecule has 114 valence electrons. The molecule has 0 fully saturated rings. The molecule has 4 nitrogen and oxygen atoms in total. The average molecular weight is 299 g/mol. The fraction of sp³-hybridized carbons (Fsp3) is 0.429. The van der Waals surface area contributed by atoms with Crippen molar-refractivity contribution in [3.8, 4) is 6.07 Å². The minimum Gasteiger partial charge on any atom is -0.324 e. The molecule has 0 saturated heterocycles. The van der Waals surface area contributed by atoms with Crippen LogP contribution in [0.4, 0.5) is 18.9 Å². The molecule has 0 unspecified atom stereocenters. The van der Waals surface area contributed by atoms with Gasteiger partial charge in [-0.15, -0.1) is 0 Å². The van der Waals surface area contributed by atoms with Crippen LogP contribution in [-0.4, -0.2) is 11.9 Å². The van der Waals surface area contributed by atoms with Crippen molar-refractivity contribution in [1.29, 1.82) is 5.26 Å². The van der Waals surface area contributed by atoms with Crippen molar-refractivity contribution in [3.05, 3.63) is 29.3 Å². The Bertz CT molecular complexity index is 562. The first-order valence-corrected chi connectivity index (χ1v) is 6.33. The average Bonchev–Trinajstić information content (AvgIpc) is 2.36. The number of nitriles is 1. The van der Waals surface area contributed by atoms with Crippen LogP contribution in [0.5, 0.6) is 0 Å². The summed E-state index contributed by atoms with van der Waals surface area (Å²) in [5.74, 6) is -0.325. The van der Waals surface area contributed by atoms with E-state index in [1.165, 1.54) is 0 Å². The quantitative estimate of drug-likeness (QED) is 0.897. The molecular weight excluding hydrogens is 283 g/mol. The van der Waals surface area contributed by atoms with E-state index in [1.54, 1.807) is 6.07 Å². The molecule has 3 N–H and O–H groups in total. The van der Waals surface area contributed by atoms with Gasteiger partial charge in [0.15, 0.2) is 0 Å². The third kappa shape index (κ3) is 4.76. The summed E-state index contributed by atoms with van der Waals surface area (Å²) in [5, 5.41) is 11.3. The number of carbonyl (C=O) groups excluding carboxylic acids is 1. The van der Waals surface area contributed by atoms with E-state index >= 15 is 0 Å². The minimum absolute atomic E-state index is 0.0229. The van der Waals surface area contributed by atoms with E-state index in [0.29, 0.717) is 12.5 Å². The Labute approximate surface area is 120 Å². The molecule has 0 spiro atoms. The number of benzene rings is 1. The number of hydrogen-bond donors (Lipinski definition) is 2. The number of nitrogens with two attached hydrogens (primary N) is 1. The van der Waals surface area contributed by atoms with Crippen LogP contribution in [0, 0.1) is 17.2 Å². The lowest BCUT2D eigenvalue weighted by Crippen LogP contribution is -2.36. The molecule has 0 heterocycles. The molecule has 1 aromatic rings. The van der Waals surface area contributed by atoms with Gasteiger partial charge in [0.2, 0.25) is 5.91 Å². The second kappa shape index (κ2) is 6.59. The molecule has 1 aromatic carbocycles. The number of nitrogens with zero attached hydrogens (tertiary/aromatic N) is 1. The maximum Gasteiger partial charge on any atom is 0.416 e. The van der Waals surface area contributed by atoms with Crippen molar-refractivity contribution in [2.24, 2.45) is 11.7 Å². The second-order valence-corrected chi connectivity index (χ2v) is 5.10. The number of amides is 1. The van der Waals surface area contributed by atoms with Gasteiger partial charge in [0.1, 0.15) is 6.07 Å². The number of rotatable bonds is 4. The van der Waals surface area contributed by atoms with Gasteiger partial charge in [-0.05, 0) is 30.5 Å². The molecule has 0 saturated carbocycles. The number of hydrogen-bond acceptors (Lipinski definition) is 3. The molecule has 1 atom stereocenters. The van der Waals surface area contributed by atoms with Crippen LogP contribution >= 0.6 is 0 Å². The molecular formula is C14H16F3N3O. The Morgan fingerprint density at radius 1 is 1.43 bits per heavy atom. The van der Waals surface area contributed by atoms with Gasteiger partial charge < -0.3 is 11.1 Å². The second-order valence-electron chi connectivity index (χ2n) is 5.10. The number of anilines is 1. The number of carbonyl (C=O) groups is 1. The summed E-state index contributed by atoms with van der Waals surface area (Å²) in [5.41, 5.74) is 4.51. The van der Waals surface area contributed by atoms with E-state index in [-0.39, 0.29) is 17.2 Å². The highest BCUT2D eigenvalue weighted by molar-refractivity contribution is 5.95. The van der Waals surface area contributed by atoms with E-state index in [1.807, 2.05) is 13.8 Å². The molecule has 1 rings (SSSR count). The molecule has 1 amide bonds. The predicted molar refractivity (Wildman–Crippen MR) is 72.2 cm³/mol. The van der Waals surface area contributed by atoms with Crippen LogP contribution in [0.1, 0.15) is 31.4 Å². The van der Waals surface area contributed by atoms with Crippen LogP contribution < -0.4 is 11.1 Å². The minimum atomic E-state index is -4.54. The normalized spacial score (nSPS) is 12.9. The first-order valence-electron chi connectivity index (χ1n) is 6.33. The van der Waals surface area contributed by atoms with Gasteiger partial charge in [0, 0.05) is 0 Å². The van der Waals surface area contributed by atoms with E-state index < -0.39 is 23.7 Å². The van der Waals surface area contributed by atoms with Crippen molar-refractivity contribution >= 4 is 11.6 Å². The monoisotopic (exact) mass is 299 g/mol. The van der Waals surface area contributed by atoms with E-state index in [9.17, 15) is 18.0 Å². The maximum atomic E-state index is 12.6. The van der Waals surface area contributed by atoms with Crippen molar-refractivity contribution in [2.45, 2.75) is 32.5 Å². The fourth-order valence-corrected chi connectivity index (χ4v) is 1.76. The topological polar surface area (TPSA) is 78.9 Å². The van der Waals surface area contributed by atoms with Gasteiger partial charge in [-0.3, -0.25) is 4.79 Å². The number of nitrogens with one attached hydrogen (secondary N) is 1.